The van der Waals surface area contributed by atoms with Gasteiger partial charge in [-0.25, -0.2) is 0 Å². The number of nitrogens with one attached hydrogen (secondary N) is 8. The van der Waals surface area contributed by atoms with Crippen molar-refractivity contribution >= 4 is 94.5 Å². The third-order valence-electron chi connectivity index (χ3n) is 17.3. The molecule has 13 amide bonds. The Hall–Kier alpha value is -8.91. The van der Waals surface area contributed by atoms with Gasteiger partial charge < -0.3 is 92.5 Å². The lowest BCUT2D eigenvalue weighted by atomic mass is 9.94. The number of likely N-dealkylation sites (tertiary alicyclic amines) is 2. The number of carbonyl (C=O) groups is 13. The lowest BCUT2D eigenvalue weighted by Gasteiger charge is -2.32. The number of aliphatic imine (C=N–C) groups is 1. The van der Waals surface area contributed by atoms with Gasteiger partial charge in [-0.3, -0.25) is 67.3 Å². The summed E-state index contributed by atoms with van der Waals surface area (Å²) in [5.74, 6) is -10.3. The molecule has 2 aromatic rings. The zero-order chi connectivity index (χ0) is 71.3. The lowest BCUT2D eigenvalue weighted by molar-refractivity contribution is -0.144. The molecule has 0 bridgehead atoms. The minimum absolute atomic E-state index is 0.0767. The molecule has 5 rings (SSSR count). The van der Waals surface area contributed by atoms with Gasteiger partial charge in [0.15, 0.2) is 5.96 Å². The SMILES string of the molecule is CSCC[C@H](NC(=O)[C@H](CC(C)C)NC(=O)CNC(=O)[C@H](Cc1ccccc1)NC(=O)[C@H](NC(=O)[C@H](CCC(N)=O)NC(=O)[C@H](CCC(N)=O)NC(=O)[C@H]1CCCN1C(=O)[C@H](CCCCN)NC(=O)[C@@H]1CCCN1C(=O)[C@@H](N)CCCN=C(N)N)C1Cc2ccccc2C1)C(N)=O. The van der Waals surface area contributed by atoms with E-state index in [1.54, 1.807) is 30.3 Å². The van der Waals surface area contributed by atoms with E-state index in [0.717, 1.165) is 11.1 Å². The summed E-state index contributed by atoms with van der Waals surface area (Å²) in [6.45, 7) is 3.89. The Bertz CT molecular complexity index is 3080. The molecule has 2 aliphatic heterocycles. The minimum atomic E-state index is -1.63. The van der Waals surface area contributed by atoms with E-state index < -0.39 is 175 Å². The van der Waals surface area contributed by atoms with Crippen LogP contribution >= 0.6 is 11.8 Å². The molecule has 0 unspecified atom stereocenters. The van der Waals surface area contributed by atoms with Crippen LogP contribution in [0.5, 0.6) is 0 Å². The number of amides is 13. The molecule has 534 valence electrons. The van der Waals surface area contributed by atoms with Gasteiger partial charge in [0, 0.05) is 38.9 Å². The predicted octanol–water partition coefficient (Wildman–Crippen LogP) is -3.54. The van der Waals surface area contributed by atoms with Crippen LogP contribution in [0.25, 0.3) is 0 Å². The first kappa shape index (κ1) is 78.8. The van der Waals surface area contributed by atoms with Gasteiger partial charge in [0.25, 0.3) is 0 Å². The van der Waals surface area contributed by atoms with Gasteiger partial charge in [-0.1, -0.05) is 68.4 Å². The highest BCUT2D eigenvalue weighted by Gasteiger charge is 2.43. The smallest absolute Gasteiger partial charge is 0.245 e. The van der Waals surface area contributed by atoms with Crippen LogP contribution in [0.15, 0.2) is 59.6 Å². The van der Waals surface area contributed by atoms with Crippen molar-refractivity contribution in [2.45, 2.75) is 190 Å². The maximum atomic E-state index is 15.0. The average Bonchev–Trinajstić information content (AvgIpc) is 1.72. The number of benzene rings is 2. The second-order valence-corrected chi connectivity index (χ2v) is 26.3. The van der Waals surface area contributed by atoms with Gasteiger partial charge in [-0.15, -0.1) is 0 Å². The Labute approximate surface area is 569 Å². The molecule has 22 N–H and O–H groups in total. The van der Waals surface area contributed by atoms with Crippen LogP contribution < -0.4 is 82.7 Å². The number of primary amides is 3. The van der Waals surface area contributed by atoms with Gasteiger partial charge in [0.05, 0.1) is 12.6 Å². The zero-order valence-corrected chi connectivity index (χ0v) is 56.5. The molecule has 97 heavy (non-hydrogen) atoms. The molecule has 2 aromatic carbocycles. The number of fused-ring (bicyclic) bond motifs is 1. The topological polar surface area (TPSA) is 519 Å². The van der Waals surface area contributed by atoms with Crippen molar-refractivity contribution in [3.63, 3.8) is 0 Å². The fourth-order valence-corrected chi connectivity index (χ4v) is 12.6. The molecule has 0 aromatic heterocycles. The summed E-state index contributed by atoms with van der Waals surface area (Å²) in [6.07, 6.45) is 3.93. The number of rotatable bonds is 41. The summed E-state index contributed by atoms with van der Waals surface area (Å²) in [6, 6.07) is 3.61. The number of thioether (sulfide) groups is 1. The quantitative estimate of drug-likeness (QED) is 0.0174. The summed E-state index contributed by atoms with van der Waals surface area (Å²) < 4.78 is 0. The summed E-state index contributed by atoms with van der Waals surface area (Å²) in [5, 5.41) is 21.5. The van der Waals surface area contributed by atoms with Crippen LogP contribution in [0.1, 0.15) is 127 Å². The van der Waals surface area contributed by atoms with E-state index in [1.807, 2.05) is 44.4 Å². The molecule has 0 saturated carbocycles. The average molecular weight is 1370 g/mol. The van der Waals surface area contributed by atoms with Crippen LogP contribution in [0, 0.1) is 11.8 Å². The van der Waals surface area contributed by atoms with Crippen molar-refractivity contribution in [3.8, 4) is 0 Å². The maximum Gasteiger partial charge on any atom is 0.245 e. The summed E-state index contributed by atoms with van der Waals surface area (Å²) in [7, 11) is 0. The third kappa shape index (κ3) is 25.6. The fourth-order valence-electron chi connectivity index (χ4n) is 12.2. The van der Waals surface area contributed by atoms with Crippen LogP contribution in [-0.4, -0.2) is 198 Å². The van der Waals surface area contributed by atoms with Gasteiger partial charge >= 0.3 is 0 Å². The van der Waals surface area contributed by atoms with Crippen LogP contribution in [0.2, 0.25) is 0 Å². The molecule has 2 fully saturated rings. The molecule has 0 radical (unpaired) electrons. The maximum absolute atomic E-state index is 15.0. The van der Waals surface area contributed by atoms with Gasteiger partial charge in [0.1, 0.15) is 54.4 Å². The first-order valence-electron chi connectivity index (χ1n) is 33.2. The number of unbranched alkanes of at least 4 members (excludes halogenated alkanes) is 1. The second kappa shape index (κ2) is 40.0. The Balaban J connectivity index is 1.36. The number of carbonyl (C=O) groups excluding carboxylic acids is 13. The highest BCUT2D eigenvalue weighted by atomic mass is 32.2. The zero-order valence-electron chi connectivity index (χ0n) is 55.7. The number of guanidine groups is 1. The summed E-state index contributed by atoms with van der Waals surface area (Å²) in [5.41, 5.74) is 42.0. The fraction of sp³-hybridized carbons (Fsp3) is 0.600. The van der Waals surface area contributed by atoms with E-state index in [-0.39, 0.29) is 89.4 Å². The van der Waals surface area contributed by atoms with E-state index in [4.69, 9.17) is 40.1 Å². The first-order valence-corrected chi connectivity index (χ1v) is 34.6. The molecule has 2 heterocycles. The summed E-state index contributed by atoms with van der Waals surface area (Å²) in [4.78, 5) is 186. The Morgan fingerprint density at radius 1 is 0.567 bits per heavy atom. The third-order valence-corrected chi connectivity index (χ3v) is 17.9. The molecular weight excluding hydrogens is 1270 g/mol. The normalized spacial score (nSPS) is 17.5. The van der Waals surface area contributed by atoms with Crippen molar-refractivity contribution in [2.24, 2.45) is 57.0 Å². The van der Waals surface area contributed by atoms with E-state index in [0.29, 0.717) is 49.8 Å². The molecule has 0 spiro atoms. The Morgan fingerprint density at radius 2 is 1.10 bits per heavy atom. The number of hydrogen-bond acceptors (Lipinski definition) is 17. The van der Waals surface area contributed by atoms with E-state index in [1.165, 1.54) is 21.6 Å². The molecule has 32 heteroatoms. The van der Waals surface area contributed by atoms with Crippen LogP contribution in [-0.2, 0) is 81.6 Å². The standard InChI is InChI=1S/C65H100N18O13S/c1-37(2)32-47(59(91)76-43(55(70)87)26-31-97-3)75-53(86)36-74-56(88)48(33-38-14-5-4-6-15-38)80-62(94)54(41-34-39-16-7-8-17-40(39)35-41)81-58(90)45(23-25-52(69)85)77-57(89)44(22-24-51(68)84)78-60(92)50-21-13-30-83(50)64(96)46(19-9-10-27-66)79-61(93)49-20-12-29-82(49)63(95)42(67)18-11-28-73-65(71)72/h4-8,14-17,37,41-50,54H,9-13,18-36,66-67H2,1-3H3,(H2,68,84)(H2,69,85)(H2,70,87)(H,74,88)(H,75,86)(H,76,91)(H,77,89)(H,78,92)(H,79,93)(H,80,94)(H,81,90)(H4,71,72,73)/t42-,43-,44-,45-,46-,47-,48-,49-,50+,54+/m0/s1. The monoisotopic (exact) mass is 1370 g/mol. The number of nitrogens with zero attached hydrogens (tertiary/aromatic N) is 3. The van der Waals surface area contributed by atoms with E-state index >= 15 is 4.79 Å². The van der Waals surface area contributed by atoms with Crippen LogP contribution in [0.3, 0.4) is 0 Å². The largest absolute Gasteiger partial charge is 0.370 e. The molecular formula is C65H100N18O13S. The molecule has 1 aliphatic carbocycles. The van der Waals surface area contributed by atoms with Crippen molar-refractivity contribution < 1.29 is 62.3 Å². The molecule has 31 nitrogen and oxygen atoms in total. The van der Waals surface area contributed by atoms with Crippen molar-refractivity contribution in [3.05, 3.63) is 71.3 Å². The second-order valence-electron chi connectivity index (χ2n) is 25.3. The number of hydrogen-bond donors (Lipinski definition) is 15. The Morgan fingerprint density at radius 3 is 1.66 bits per heavy atom. The predicted molar refractivity (Wildman–Crippen MR) is 363 cm³/mol. The number of nitrogens with two attached hydrogens (primary N) is 7. The molecule has 3 aliphatic rings. The van der Waals surface area contributed by atoms with Gasteiger partial charge in [-0.2, -0.15) is 11.8 Å². The van der Waals surface area contributed by atoms with E-state index in [9.17, 15) is 57.5 Å². The highest BCUT2D eigenvalue weighted by molar-refractivity contribution is 7.98. The van der Waals surface area contributed by atoms with Crippen molar-refractivity contribution in [2.75, 3.05) is 44.7 Å². The molecule has 10 atom stereocenters. The lowest BCUT2D eigenvalue weighted by Crippen LogP contribution is -2.61. The first-order chi connectivity index (χ1) is 46.2. The Kier molecular flexibility index (Phi) is 32.5. The summed E-state index contributed by atoms with van der Waals surface area (Å²) >= 11 is 1.46. The van der Waals surface area contributed by atoms with Crippen LogP contribution in [0.4, 0.5) is 0 Å². The van der Waals surface area contributed by atoms with Crippen molar-refractivity contribution in [1.29, 1.82) is 0 Å². The minimum Gasteiger partial charge on any atom is -0.370 e. The van der Waals surface area contributed by atoms with Gasteiger partial charge in [-0.05, 0) is 143 Å². The molecule has 2 saturated heterocycles. The van der Waals surface area contributed by atoms with E-state index in [2.05, 4.69) is 47.5 Å². The van der Waals surface area contributed by atoms with Crippen molar-refractivity contribution in [1.82, 2.24) is 52.3 Å². The van der Waals surface area contributed by atoms with Gasteiger partial charge in [0.2, 0.25) is 76.8 Å². The highest BCUT2D eigenvalue weighted by Crippen LogP contribution is 2.30.